The summed E-state index contributed by atoms with van der Waals surface area (Å²) in [7, 11) is 1.64. The summed E-state index contributed by atoms with van der Waals surface area (Å²) in [6.45, 7) is 2.56. The molecule has 0 bridgehead atoms. The topological polar surface area (TPSA) is 58.6 Å². The average Bonchev–Trinajstić information content (AvgIpc) is 2.71. The summed E-state index contributed by atoms with van der Waals surface area (Å²) in [4.78, 5) is 10.9. The van der Waals surface area contributed by atoms with Crippen LogP contribution in [0.2, 0.25) is 0 Å². The molecule has 0 spiro atoms. The summed E-state index contributed by atoms with van der Waals surface area (Å²) in [6.07, 6.45) is 0.655. The molecule has 0 radical (unpaired) electrons. The minimum Gasteiger partial charge on any atom is -0.497 e. The fourth-order valence-electron chi connectivity index (χ4n) is 2.25. The Balaban J connectivity index is 2.17. The minimum absolute atomic E-state index is 0.256. The van der Waals surface area contributed by atoms with Gasteiger partial charge < -0.3 is 15.2 Å². The van der Waals surface area contributed by atoms with E-state index in [1.165, 1.54) is 0 Å². The highest BCUT2D eigenvalue weighted by Gasteiger charge is 2.26. The molecule has 0 fully saturated rings. The van der Waals surface area contributed by atoms with Gasteiger partial charge in [0.1, 0.15) is 5.75 Å². The van der Waals surface area contributed by atoms with E-state index in [1.54, 1.807) is 14.0 Å². The Bertz CT molecular complexity index is 431. The maximum absolute atomic E-state index is 10.9. The monoisotopic (exact) mass is 235 g/mol. The van der Waals surface area contributed by atoms with E-state index >= 15 is 0 Å². The molecule has 92 valence electrons. The van der Waals surface area contributed by atoms with E-state index in [0.717, 1.165) is 23.5 Å². The lowest BCUT2D eigenvalue weighted by molar-refractivity contribution is -0.141. The third-order valence-electron chi connectivity index (χ3n) is 3.30. The number of carboxylic acid groups (broad SMARTS) is 1. The van der Waals surface area contributed by atoms with E-state index in [4.69, 9.17) is 9.84 Å². The van der Waals surface area contributed by atoms with Gasteiger partial charge in [0.25, 0.3) is 0 Å². The Hall–Kier alpha value is -1.71. The van der Waals surface area contributed by atoms with Crippen LogP contribution in [0, 0.1) is 5.92 Å². The van der Waals surface area contributed by atoms with Gasteiger partial charge in [-0.2, -0.15) is 0 Å². The van der Waals surface area contributed by atoms with Crippen LogP contribution in [-0.2, 0) is 4.79 Å². The van der Waals surface area contributed by atoms with Gasteiger partial charge in [-0.05, 0) is 30.2 Å². The summed E-state index contributed by atoms with van der Waals surface area (Å²) in [5.41, 5.74) is 2.26. The fourth-order valence-corrected chi connectivity index (χ4v) is 2.25. The van der Waals surface area contributed by atoms with Crippen LogP contribution >= 0.6 is 0 Å². The van der Waals surface area contributed by atoms with Crippen molar-refractivity contribution in [1.29, 1.82) is 0 Å². The van der Waals surface area contributed by atoms with Gasteiger partial charge in [0.05, 0.1) is 13.0 Å². The van der Waals surface area contributed by atoms with Crippen LogP contribution in [0.25, 0.3) is 0 Å². The molecule has 0 saturated carbocycles. The highest BCUT2D eigenvalue weighted by molar-refractivity contribution is 5.70. The second-order valence-electron chi connectivity index (χ2n) is 4.51. The number of aliphatic carboxylic acids is 1. The van der Waals surface area contributed by atoms with Crippen molar-refractivity contribution in [3.8, 4) is 5.75 Å². The summed E-state index contributed by atoms with van der Waals surface area (Å²) >= 11 is 0. The van der Waals surface area contributed by atoms with E-state index in [9.17, 15) is 4.79 Å². The number of carboxylic acids is 1. The largest absolute Gasteiger partial charge is 0.497 e. The fraction of sp³-hybridized carbons (Fsp3) is 0.462. The molecule has 2 N–H and O–H groups in total. The number of anilines is 1. The first-order valence-electron chi connectivity index (χ1n) is 5.76. The Morgan fingerprint density at radius 3 is 3.06 bits per heavy atom. The molecule has 1 aliphatic rings. The van der Waals surface area contributed by atoms with Crippen molar-refractivity contribution < 1.29 is 14.6 Å². The lowest BCUT2D eigenvalue weighted by Gasteiger charge is -2.13. The normalized spacial score (nSPS) is 19.3. The predicted molar refractivity (Wildman–Crippen MR) is 65.6 cm³/mol. The molecule has 1 aromatic carbocycles. The van der Waals surface area contributed by atoms with E-state index < -0.39 is 5.97 Å². The predicted octanol–water partition coefficient (Wildman–Crippen LogP) is 2.32. The number of benzene rings is 1. The first-order valence-corrected chi connectivity index (χ1v) is 5.76. The number of carbonyl (C=O) groups is 1. The second-order valence-corrected chi connectivity index (χ2v) is 4.51. The quantitative estimate of drug-likeness (QED) is 0.840. The van der Waals surface area contributed by atoms with E-state index in [1.807, 2.05) is 18.2 Å². The molecule has 4 heteroatoms. The summed E-state index contributed by atoms with van der Waals surface area (Å²) in [6, 6.07) is 5.89. The third-order valence-corrected chi connectivity index (χ3v) is 3.30. The van der Waals surface area contributed by atoms with Gasteiger partial charge in [-0.25, -0.2) is 0 Å². The Kier molecular flexibility index (Phi) is 3.22. The Morgan fingerprint density at radius 1 is 1.65 bits per heavy atom. The van der Waals surface area contributed by atoms with Gasteiger partial charge in [0.2, 0.25) is 0 Å². The zero-order valence-electron chi connectivity index (χ0n) is 10.1. The van der Waals surface area contributed by atoms with Crippen LogP contribution in [0.15, 0.2) is 18.2 Å². The molecule has 0 amide bonds. The molecule has 4 nitrogen and oxygen atoms in total. The molecular weight excluding hydrogens is 218 g/mol. The molecule has 1 heterocycles. The van der Waals surface area contributed by atoms with Gasteiger partial charge in [-0.3, -0.25) is 4.79 Å². The van der Waals surface area contributed by atoms with Crippen LogP contribution in [0.4, 0.5) is 5.69 Å². The maximum atomic E-state index is 10.9. The van der Waals surface area contributed by atoms with Gasteiger partial charge in [-0.1, -0.05) is 6.92 Å². The lowest BCUT2D eigenvalue weighted by Crippen LogP contribution is -2.14. The van der Waals surface area contributed by atoms with Gasteiger partial charge in [0, 0.05) is 18.2 Å². The number of methoxy groups -OCH3 is 1. The van der Waals surface area contributed by atoms with Crippen molar-refractivity contribution in [3.63, 3.8) is 0 Å². The van der Waals surface area contributed by atoms with Crippen LogP contribution in [0.5, 0.6) is 5.75 Å². The first-order chi connectivity index (χ1) is 8.11. The van der Waals surface area contributed by atoms with Crippen molar-refractivity contribution in [2.24, 2.45) is 5.92 Å². The van der Waals surface area contributed by atoms with Crippen molar-refractivity contribution in [1.82, 2.24) is 0 Å². The summed E-state index contributed by atoms with van der Waals surface area (Å²) < 4.78 is 5.20. The average molecular weight is 235 g/mol. The molecule has 0 aliphatic carbocycles. The van der Waals surface area contributed by atoms with Crippen molar-refractivity contribution in [3.05, 3.63) is 23.8 Å². The number of hydrogen-bond donors (Lipinski definition) is 2. The molecule has 2 atom stereocenters. The number of nitrogens with one attached hydrogen (secondary N) is 1. The Labute approximate surface area is 101 Å². The molecular formula is C13H17NO3. The number of fused-ring (bicyclic) bond motifs is 1. The zero-order valence-corrected chi connectivity index (χ0v) is 10.1. The standard InChI is InChI=1S/C13H17NO3/c1-8(13(15)16)5-9-7-14-12-4-3-10(17-2)6-11(9)12/h3-4,6,8-9,14H,5,7H2,1-2H3,(H,15,16). The van der Waals surface area contributed by atoms with Crippen LogP contribution in [0.3, 0.4) is 0 Å². The molecule has 1 aromatic rings. The van der Waals surface area contributed by atoms with Crippen molar-refractivity contribution in [2.75, 3.05) is 19.0 Å². The van der Waals surface area contributed by atoms with Gasteiger partial charge in [0.15, 0.2) is 0 Å². The Morgan fingerprint density at radius 2 is 2.41 bits per heavy atom. The van der Waals surface area contributed by atoms with Gasteiger partial charge >= 0.3 is 5.97 Å². The van der Waals surface area contributed by atoms with E-state index in [2.05, 4.69) is 5.32 Å². The number of rotatable bonds is 4. The highest BCUT2D eigenvalue weighted by Crippen LogP contribution is 2.37. The molecule has 1 aliphatic heterocycles. The molecule has 2 rings (SSSR count). The minimum atomic E-state index is -0.735. The molecule has 2 unspecified atom stereocenters. The van der Waals surface area contributed by atoms with Crippen LogP contribution in [0.1, 0.15) is 24.8 Å². The number of ether oxygens (including phenoxy) is 1. The lowest BCUT2D eigenvalue weighted by atomic mass is 9.91. The highest BCUT2D eigenvalue weighted by atomic mass is 16.5. The number of hydrogen-bond acceptors (Lipinski definition) is 3. The third kappa shape index (κ3) is 2.35. The summed E-state index contributed by atoms with van der Waals surface area (Å²) in [5, 5.41) is 12.2. The van der Waals surface area contributed by atoms with E-state index in [-0.39, 0.29) is 11.8 Å². The smallest absolute Gasteiger partial charge is 0.306 e. The van der Waals surface area contributed by atoms with Crippen LogP contribution < -0.4 is 10.1 Å². The van der Waals surface area contributed by atoms with Crippen molar-refractivity contribution >= 4 is 11.7 Å². The first kappa shape index (κ1) is 11.8. The van der Waals surface area contributed by atoms with Crippen molar-refractivity contribution in [2.45, 2.75) is 19.3 Å². The molecule has 17 heavy (non-hydrogen) atoms. The van der Waals surface area contributed by atoms with E-state index in [0.29, 0.717) is 6.42 Å². The van der Waals surface area contributed by atoms with Crippen LogP contribution in [-0.4, -0.2) is 24.7 Å². The summed E-state index contributed by atoms with van der Waals surface area (Å²) in [5.74, 6) is 0.0203. The SMILES string of the molecule is COc1ccc2c(c1)C(CC(C)C(=O)O)CN2. The maximum Gasteiger partial charge on any atom is 0.306 e. The second kappa shape index (κ2) is 4.65. The van der Waals surface area contributed by atoms with Gasteiger partial charge in [-0.15, -0.1) is 0 Å². The zero-order chi connectivity index (χ0) is 12.4. The molecule has 0 saturated heterocycles. The molecule has 0 aromatic heterocycles.